The molecule has 2 aliphatic heterocycles. The average molecular weight is 535 g/mol. The summed E-state index contributed by atoms with van der Waals surface area (Å²) in [5.74, 6) is 4.01. The Bertz CT molecular complexity index is 611. The van der Waals surface area contributed by atoms with E-state index in [4.69, 9.17) is 9.47 Å². The Morgan fingerprint density at radius 3 is 2.62 bits per heavy atom. The Kier molecular flexibility index (Phi) is 11.5. The molecule has 1 aromatic rings. The molecule has 29 heavy (non-hydrogen) atoms. The molecule has 8 heteroatoms. The molecule has 1 aromatic carbocycles. The van der Waals surface area contributed by atoms with E-state index in [1.54, 1.807) is 7.11 Å². The second-order valence-corrected chi connectivity index (χ2v) is 8.56. The molecule has 3 rings (SSSR count). The maximum Gasteiger partial charge on any atom is 0.193 e. The Balaban J connectivity index is 0.00000300. The highest BCUT2D eigenvalue weighted by atomic mass is 127. The lowest BCUT2D eigenvalue weighted by Crippen LogP contribution is -2.39. The van der Waals surface area contributed by atoms with Crippen LogP contribution in [0.25, 0.3) is 0 Å². The molecule has 164 valence electrons. The first kappa shape index (κ1) is 24.6. The first-order valence-corrected chi connectivity index (χ1v) is 11.4. The highest BCUT2D eigenvalue weighted by Crippen LogP contribution is 2.20. The van der Waals surface area contributed by atoms with Gasteiger partial charge in [-0.05, 0) is 24.1 Å². The van der Waals surface area contributed by atoms with Gasteiger partial charge in [-0.25, -0.2) is 0 Å². The van der Waals surface area contributed by atoms with Gasteiger partial charge in [-0.1, -0.05) is 12.1 Å². The maximum atomic E-state index is 5.69. The summed E-state index contributed by atoms with van der Waals surface area (Å²) in [6.07, 6.45) is 1.15. The van der Waals surface area contributed by atoms with Gasteiger partial charge in [0, 0.05) is 70.0 Å². The minimum Gasteiger partial charge on any atom is -0.382 e. The third kappa shape index (κ3) is 7.80. The first-order chi connectivity index (χ1) is 13.8. The number of hydrogen-bond acceptors (Lipinski definition) is 5. The van der Waals surface area contributed by atoms with Crippen molar-refractivity contribution in [1.29, 1.82) is 0 Å². The van der Waals surface area contributed by atoms with Crippen LogP contribution in [-0.2, 0) is 16.0 Å². The minimum absolute atomic E-state index is 0. The van der Waals surface area contributed by atoms with Crippen molar-refractivity contribution in [2.45, 2.75) is 13.0 Å². The van der Waals surface area contributed by atoms with Gasteiger partial charge in [-0.15, -0.1) is 24.0 Å². The van der Waals surface area contributed by atoms with Crippen LogP contribution in [0.1, 0.15) is 12.0 Å². The van der Waals surface area contributed by atoms with Crippen LogP contribution in [0.2, 0.25) is 0 Å². The van der Waals surface area contributed by atoms with E-state index in [1.807, 2.05) is 18.8 Å². The number of methoxy groups -OCH3 is 1. The fourth-order valence-corrected chi connectivity index (χ4v) is 4.62. The zero-order valence-electron chi connectivity index (χ0n) is 17.6. The number of thioether (sulfide) groups is 1. The molecule has 2 heterocycles. The Hall–Kier alpha value is -0.710. The van der Waals surface area contributed by atoms with E-state index in [1.165, 1.54) is 22.8 Å². The molecular weight excluding hydrogens is 499 g/mol. The van der Waals surface area contributed by atoms with Crippen LogP contribution < -0.4 is 10.2 Å². The monoisotopic (exact) mass is 534 g/mol. The van der Waals surface area contributed by atoms with E-state index in [0.717, 1.165) is 51.7 Å². The van der Waals surface area contributed by atoms with Crippen LogP contribution in [-0.4, -0.2) is 82.5 Å². The molecule has 0 aromatic heterocycles. The lowest BCUT2D eigenvalue weighted by atomic mass is 10.1. The zero-order valence-corrected chi connectivity index (χ0v) is 20.8. The van der Waals surface area contributed by atoms with Crippen molar-refractivity contribution in [2.24, 2.45) is 10.9 Å². The second-order valence-electron chi connectivity index (χ2n) is 7.34. The fraction of sp³-hybridized carbons (Fsp3) is 0.667. The molecular formula is C21H35IN4O2S. The largest absolute Gasteiger partial charge is 0.382 e. The molecule has 0 radical (unpaired) electrons. The molecule has 1 N–H and O–H groups in total. The predicted molar refractivity (Wildman–Crippen MR) is 134 cm³/mol. The molecule has 0 saturated carbocycles. The van der Waals surface area contributed by atoms with Crippen LogP contribution in [0, 0.1) is 5.92 Å². The third-order valence-electron chi connectivity index (χ3n) is 5.35. The van der Waals surface area contributed by atoms with Gasteiger partial charge in [0.2, 0.25) is 0 Å². The van der Waals surface area contributed by atoms with Crippen LogP contribution >= 0.6 is 35.7 Å². The van der Waals surface area contributed by atoms with Gasteiger partial charge < -0.3 is 24.6 Å². The quantitative estimate of drug-likeness (QED) is 0.240. The van der Waals surface area contributed by atoms with E-state index >= 15 is 0 Å². The number of anilines is 1. The van der Waals surface area contributed by atoms with E-state index in [2.05, 4.69) is 44.4 Å². The number of ether oxygens (including phenoxy) is 2. The van der Waals surface area contributed by atoms with Crippen molar-refractivity contribution in [2.75, 3.05) is 76.6 Å². The Morgan fingerprint density at radius 2 is 1.93 bits per heavy atom. The smallest absolute Gasteiger partial charge is 0.193 e. The SMILES string of the molecule is CN=C(NCc1ccc(N2CCSCC2)cc1)N1CCC(COCCOC)C1.I. The van der Waals surface area contributed by atoms with Gasteiger partial charge in [-0.2, -0.15) is 11.8 Å². The maximum absolute atomic E-state index is 5.69. The van der Waals surface area contributed by atoms with Crippen LogP contribution in [0.3, 0.4) is 0 Å². The Labute approximate surface area is 196 Å². The lowest BCUT2D eigenvalue weighted by molar-refractivity contribution is 0.0536. The number of halogens is 1. The standard InChI is InChI=1S/C21H34N4O2S.HI/c1-22-21(25-8-7-19(16-25)17-27-12-11-26-2)23-15-18-3-5-20(6-4-18)24-9-13-28-14-10-24;/h3-6,19H,7-17H2,1-2H3,(H,22,23);1H. The van der Waals surface area contributed by atoms with Gasteiger partial charge in [0.15, 0.2) is 5.96 Å². The fourth-order valence-electron chi connectivity index (χ4n) is 3.71. The minimum atomic E-state index is 0. The number of benzene rings is 1. The van der Waals surface area contributed by atoms with Gasteiger partial charge in [0.1, 0.15) is 0 Å². The van der Waals surface area contributed by atoms with Crippen molar-refractivity contribution in [3.63, 3.8) is 0 Å². The molecule has 1 atom stereocenters. The summed E-state index contributed by atoms with van der Waals surface area (Å²) < 4.78 is 10.7. The highest BCUT2D eigenvalue weighted by molar-refractivity contribution is 14.0. The van der Waals surface area contributed by atoms with Gasteiger partial charge in [-0.3, -0.25) is 4.99 Å². The number of aliphatic imine (C=N–C) groups is 1. The van der Waals surface area contributed by atoms with Crippen molar-refractivity contribution in [1.82, 2.24) is 10.2 Å². The highest BCUT2D eigenvalue weighted by Gasteiger charge is 2.24. The lowest BCUT2D eigenvalue weighted by Gasteiger charge is -2.28. The van der Waals surface area contributed by atoms with Gasteiger partial charge in [0.25, 0.3) is 0 Å². The molecule has 0 bridgehead atoms. The number of hydrogen-bond donors (Lipinski definition) is 1. The molecule has 1 unspecified atom stereocenters. The second kappa shape index (κ2) is 13.6. The third-order valence-corrected chi connectivity index (χ3v) is 6.29. The van der Waals surface area contributed by atoms with E-state index in [0.29, 0.717) is 19.1 Å². The number of rotatable bonds is 8. The summed E-state index contributed by atoms with van der Waals surface area (Å²) in [5, 5.41) is 3.52. The molecule has 0 spiro atoms. The molecule has 2 aliphatic rings. The topological polar surface area (TPSA) is 49.3 Å². The Morgan fingerprint density at radius 1 is 1.17 bits per heavy atom. The van der Waals surface area contributed by atoms with Crippen molar-refractivity contribution >= 4 is 47.4 Å². The molecule has 0 amide bonds. The normalized spacial score (nSPS) is 19.9. The summed E-state index contributed by atoms with van der Waals surface area (Å²) in [7, 11) is 3.57. The number of nitrogens with zero attached hydrogens (tertiary/aromatic N) is 3. The molecule has 2 fully saturated rings. The zero-order chi connectivity index (χ0) is 19.6. The van der Waals surface area contributed by atoms with E-state index < -0.39 is 0 Å². The van der Waals surface area contributed by atoms with Crippen molar-refractivity contribution in [3.05, 3.63) is 29.8 Å². The van der Waals surface area contributed by atoms with Gasteiger partial charge in [0.05, 0.1) is 19.8 Å². The average Bonchev–Trinajstić information content (AvgIpc) is 3.21. The predicted octanol–water partition coefficient (Wildman–Crippen LogP) is 2.92. The summed E-state index contributed by atoms with van der Waals surface area (Å²) in [6.45, 7) is 7.27. The number of likely N-dealkylation sites (tertiary alicyclic amines) is 1. The number of guanidine groups is 1. The van der Waals surface area contributed by atoms with Crippen molar-refractivity contribution < 1.29 is 9.47 Å². The van der Waals surface area contributed by atoms with Crippen LogP contribution in [0.15, 0.2) is 29.3 Å². The van der Waals surface area contributed by atoms with Crippen LogP contribution in [0.5, 0.6) is 0 Å². The first-order valence-electron chi connectivity index (χ1n) is 10.2. The van der Waals surface area contributed by atoms with Gasteiger partial charge >= 0.3 is 0 Å². The molecule has 6 nitrogen and oxygen atoms in total. The van der Waals surface area contributed by atoms with Crippen LogP contribution in [0.4, 0.5) is 5.69 Å². The summed E-state index contributed by atoms with van der Waals surface area (Å²) in [4.78, 5) is 9.30. The van der Waals surface area contributed by atoms with E-state index in [9.17, 15) is 0 Å². The summed E-state index contributed by atoms with van der Waals surface area (Å²) in [6, 6.07) is 8.96. The molecule has 2 saturated heterocycles. The summed E-state index contributed by atoms with van der Waals surface area (Å²) in [5.41, 5.74) is 2.62. The summed E-state index contributed by atoms with van der Waals surface area (Å²) >= 11 is 2.05. The van der Waals surface area contributed by atoms with Crippen molar-refractivity contribution in [3.8, 4) is 0 Å². The van der Waals surface area contributed by atoms with E-state index in [-0.39, 0.29) is 24.0 Å². The molecule has 0 aliphatic carbocycles. The number of nitrogens with one attached hydrogen (secondary N) is 1.